The van der Waals surface area contributed by atoms with E-state index in [1.54, 1.807) is 12.1 Å². The Bertz CT molecular complexity index is 413. The molecule has 4 heteroatoms. The molecular formula is C15H22F2N2. The minimum absolute atomic E-state index is 0.456. The molecule has 1 fully saturated rings. The van der Waals surface area contributed by atoms with Gasteiger partial charge >= 0.3 is 0 Å². The molecule has 0 saturated carbocycles. The fourth-order valence-electron chi connectivity index (χ4n) is 2.56. The number of hydrogen-bond donors (Lipinski definition) is 0. The third-order valence-electron chi connectivity index (χ3n) is 3.51. The van der Waals surface area contributed by atoms with Gasteiger partial charge in [0.15, 0.2) is 11.6 Å². The molecule has 0 bridgehead atoms. The third kappa shape index (κ3) is 3.98. The molecule has 106 valence electrons. The average molecular weight is 268 g/mol. The molecule has 1 heterocycles. The van der Waals surface area contributed by atoms with E-state index in [1.165, 1.54) is 6.07 Å². The highest BCUT2D eigenvalue weighted by atomic mass is 19.2. The first kappa shape index (κ1) is 14.4. The first-order valence-electron chi connectivity index (χ1n) is 6.94. The second-order valence-corrected chi connectivity index (χ2v) is 5.68. The van der Waals surface area contributed by atoms with Gasteiger partial charge in [-0.1, -0.05) is 26.0 Å². The van der Waals surface area contributed by atoms with Crippen LogP contribution in [0, 0.1) is 17.6 Å². The highest BCUT2D eigenvalue weighted by molar-refractivity contribution is 5.18. The number of halogens is 2. The van der Waals surface area contributed by atoms with E-state index in [0.717, 1.165) is 32.7 Å². The Hall–Kier alpha value is -1.00. The summed E-state index contributed by atoms with van der Waals surface area (Å²) in [6, 6.07) is 4.40. The Balaban J connectivity index is 1.87. The van der Waals surface area contributed by atoms with E-state index in [2.05, 4.69) is 23.6 Å². The smallest absolute Gasteiger partial charge is 0.163 e. The maximum absolute atomic E-state index is 13.6. The molecule has 2 nitrogen and oxygen atoms in total. The summed E-state index contributed by atoms with van der Waals surface area (Å²) < 4.78 is 26.7. The van der Waals surface area contributed by atoms with Gasteiger partial charge in [0.05, 0.1) is 0 Å². The van der Waals surface area contributed by atoms with Gasteiger partial charge in [0, 0.05) is 44.8 Å². The first-order valence-corrected chi connectivity index (χ1v) is 6.94. The van der Waals surface area contributed by atoms with Crippen LogP contribution in [0.15, 0.2) is 18.2 Å². The molecule has 2 rings (SSSR count). The van der Waals surface area contributed by atoms with Crippen molar-refractivity contribution >= 4 is 0 Å². The topological polar surface area (TPSA) is 6.48 Å². The maximum Gasteiger partial charge on any atom is 0.163 e. The van der Waals surface area contributed by atoms with Gasteiger partial charge in [0.2, 0.25) is 0 Å². The summed E-state index contributed by atoms with van der Waals surface area (Å²) in [5, 5.41) is 0. The van der Waals surface area contributed by atoms with E-state index in [4.69, 9.17) is 0 Å². The highest BCUT2D eigenvalue weighted by Crippen LogP contribution is 2.15. The Labute approximate surface area is 114 Å². The largest absolute Gasteiger partial charge is 0.301 e. The molecule has 1 aliphatic heterocycles. The summed E-state index contributed by atoms with van der Waals surface area (Å²) in [7, 11) is 0. The van der Waals surface area contributed by atoms with Crippen molar-refractivity contribution in [3.8, 4) is 0 Å². The van der Waals surface area contributed by atoms with Gasteiger partial charge in [0.25, 0.3) is 0 Å². The molecule has 0 amide bonds. The van der Waals surface area contributed by atoms with Gasteiger partial charge in [-0.15, -0.1) is 0 Å². The van der Waals surface area contributed by atoms with E-state index >= 15 is 0 Å². The molecule has 0 unspecified atom stereocenters. The lowest BCUT2D eigenvalue weighted by molar-refractivity contribution is 0.116. The zero-order chi connectivity index (χ0) is 13.8. The van der Waals surface area contributed by atoms with Crippen molar-refractivity contribution in [2.45, 2.75) is 20.4 Å². The molecule has 0 N–H and O–H groups in total. The van der Waals surface area contributed by atoms with E-state index < -0.39 is 11.6 Å². The number of nitrogens with zero attached hydrogens (tertiary/aromatic N) is 2. The number of hydrogen-bond acceptors (Lipinski definition) is 2. The zero-order valence-electron chi connectivity index (χ0n) is 11.7. The summed E-state index contributed by atoms with van der Waals surface area (Å²) in [6.45, 7) is 9.90. The Morgan fingerprint density at radius 2 is 1.68 bits per heavy atom. The minimum atomic E-state index is -0.754. The van der Waals surface area contributed by atoms with Crippen molar-refractivity contribution in [2.75, 3.05) is 32.7 Å². The predicted octanol–water partition coefficient (Wildman–Crippen LogP) is 2.74. The van der Waals surface area contributed by atoms with Gasteiger partial charge < -0.3 is 4.90 Å². The molecule has 19 heavy (non-hydrogen) atoms. The predicted molar refractivity (Wildman–Crippen MR) is 72.9 cm³/mol. The molecule has 1 aromatic rings. The van der Waals surface area contributed by atoms with Crippen molar-refractivity contribution in [1.29, 1.82) is 0 Å². The lowest BCUT2D eigenvalue weighted by Gasteiger charge is -2.35. The molecule has 0 radical (unpaired) electrons. The normalized spacial score (nSPS) is 18.2. The van der Waals surface area contributed by atoms with E-state index in [1.807, 2.05) is 0 Å². The molecule has 1 aromatic carbocycles. The van der Waals surface area contributed by atoms with Crippen LogP contribution in [0.3, 0.4) is 0 Å². The zero-order valence-corrected chi connectivity index (χ0v) is 11.7. The van der Waals surface area contributed by atoms with Crippen LogP contribution in [0.1, 0.15) is 19.4 Å². The van der Waals surface area contributed by atoms with Crippen LogP contribution in [0.2, 0.25) is 0 Å². The van der Waals surface area contributed by atoms with Gasteiger partial charge in [-0.05, 0) is 12.0 Å². The molecule has 1 saturated heterocycles. The van der Waals surface area contributed by atoms with Gasteiger partial charge in [-0.2, -0.15) is 0 Å². The molecular weight excluding hydrogens is 246 g/mol. The van der Waals surface area contributed by atoms with Crippen molar-refractivity contribution in [1.82, 2.24) is 9.80 Å². The quantitative estimate of drug-likeness (QED) is 0.828. The van der Waals surface area contributed by atoms with Gasteiger partial charge in [-0.3, -0.25) is 4.90 Å². The Morgan fingerprint density at radius 1 is 1.05 bits per heavy atom. The van der Waals surface area contributed by atoms with E-state index in [0.29, 0.717) is 18.0 Å². The molecule has 0 aromatic heterocycles. The first-order chi connectivity index (χ1) is 9.06. The van der Waals surface area contributed by atoms with Crippen molar-refractivity contribution < 1.29 is 8.78 Å². The molecule has 0 aliphatic carbocycles. The standard InChI is InChI=1S/C15H22F2N2/c1-12(2)10-18-6-8-19(9-7-18)11-13-4-3-5-14(16)15(13)17/h3-5,12H,6-11H2,1-2H3. The SMILES string of the molecule is CC(C)CN1CCN(Cc2cccc(F)c2F)CC1. The number of rotatable bonds is 4. The van der Waals surface area contributed by atoms with E-state index in [-0.39, 0.29) is 0 Å². The number of piperazine rings is 1. The highest BCUT2D eigenvalue weighted by Gasteiger charge is 2.19. The lowest BCUT2D eigenvalue weighted by atomic mass is 10.1. The van der Waals surface area contributed by atoms with Gasteiger partial charge in [0.1, 0.15) is 0 Å². The Kier molecular flexibility index (Phi) is 4.88. The van der Waals surface area contributed by atoms with E-state index in [9.17, 15) is 8.78 Å². The van der Waals surface area contributed by atoms with Crippen LogP contribution in [0.25, 0.3) is 0 Å². The van der Waals surface area contributed by atoms with Crippen LogP contribution >= 0.6 is 0 Å². The molecule has 0 spiro atoms. The second-order valence-electron chi connectivity index (χ2n) is 5.68. The van der Waals surface area contributed by atoms with Crippen LogP contribution in [0.4, 0.5) is 8.78 Å². The molecule has 0 atom stereocenters. The lowest BCUT2D eigenvalue weighted by Crippen LogP contribution is -2.46. The summed E-state index contributed by atoms with van der Waals surface area (Å²) >= 11 is 0. The fourth-order valence-corrected chi connectivity index (χ4v) is 2.56. The van der Waals surface area contributed by atoms with Crippen molar-refractivity contribution in [2.24, 2.45) is 5.92 Å². The third-order valence-corrected chi connectivity index (χ3v) is 3.51. The van der Waals surface area contributed by atoms with Crippen LogP contribution < -0.4 is 0 Å². The summed E-state index contributed by atoms with van der Waals surface area (Å²) in [5.74, 6) is -0.782. The minimum Gasteiger partial charge on any atom is -0.301 e. The summed E-state index contributed by atoms with van der Waals surface area (Å²) in [4.78, 5) is 4.62. The monoisotopic (exact) mass is 268 g/mol. The van der Waals surface area contributed by atoms with Crippen LogP contribution in [0.5, 0.6) is 0 Å². The average Bonchev–Trinajstić information content (AvgIpc) is 2.37. The van der Waals surface area contributed by atoms with Crippen molar-refractivity contribution in [3.63, 3.8) is 0 Å². The number of benzene rings is 1. The fraction of sp³-hybridized carbons (Fsp3) is 0.600. The van der Waals surface area contributed by atoms with Crippen molar-refractivity contribution in [3.05, 3.63) is 35.4 Å². The summed E-state index contributed by atoms with van der Waals surface area (Å²) in [5.41, 5.74) is 0.456. The maximum atomic E-state index is 13.6. The van der Waals surface area contributed by atoms with Crippen LogP contribution in [-0.2, 0) is 6.54 Å². The second kappa shape index (κ2) is 6.44. The van der Waals surface area contributed by atoms with Crippen LogP contribution in [-0.4, -0.2) is 42.5 Å². The Morgan fingerprint density at radius 3 is 2.32 bits per heavy atom. The van der Waals surface area contributed by atoms with Gasteiger partial charge in [-0.25, -0.2) is 8.78 Å². The summed E-state index contributed by atoms with van der Waals surface area (Å²) in [6.07, 6.45) is 0. The molecule has 1 aliphatic rings.